The van der Waals surface area contributed by atoms with Crippen LogP contribution in [0.25, 0.3) is 6.08 Å². The molecule has 1 amide bonds. The predicted octanol–water partition coefficient (Wildman–Crippen LogP) is 3.79. The highest BCUT2D eigenvalue weighted by Crippen LogP contribution is 2.25. The van der Waals surface area contributed by atoms with E-state index in [4.69, 9.17) is 4.74 Å². The Bertz CT molecular complexity index is 913. The van der Waals surface area contributed by atoms with Crippen LogP contribution in [0.2, 0.25) is 0 Å². The minimum Gasteiger partial charge on any atom is -0.449 e. The van der Waals surface area contributed by atoms with Crippen molar-refractivity contribution in [3.63, 3.8) is 0 Å². The number of pyridine rings is 1. The van der Waals surface area contributed by atoms with Crippen LogP contribution < -0.4 is 5.32 Å². The van der Waals surface area contributed by atoms with Gasteiger partial charge in [-0.3, -0.25) is 9.78 Å². The molecule has 0 spiro atoms. The van der Waals surface area contributed by atoms with Crippen LogP contribution in [0.5, 0.6) is 0 Å². The van der Waals surface area contributed by atoms with Crippen molar-refractivity contribution >= 4 is 18.0 Å². The minimum atomic E-state index is -0.517. The molecular formula is C23H20N2O3. The van der Waals surface area contributed by atoms with Gasteiger partial charge in [-0.25, -0.2) is 4.79 Å². The third-order valence-corrected chi connectivity index (χ3v) is 4.16. The number of carbonyl (C=O) groups is 2. The van der Waals surface area contributed by atoms with Gasteiger partial charge in [0.2, 0.25) is 0 Å². The lowest BCUT2D eigenvalue weighted by atomic mass is 10.0. The van der Waals surface area contributed by atoms with Gasteiger partial charge in [-0.2, -0.15) is 0 Å². The molecule has 1 atom stereocenters. The number of carbonyl (C=O) groups excluding carboxylic acids is 2. The lowest BCUT2D eigenvalue weighted by molar-refractivity contribution is -0.141. The van der Waals surface area contributed by atoms with Gasteiger partial charge in [0.15, 0.2) is 6.10 Å². The van der Waals surface area contributed by atoms with Crippen LogP contribution in [-0.4, -0.2) is 23.9 Å². The normalized spacial score (nSPS) is 11.8. The number of rotatable bonds is 6. The Hall–Kier alpha value is -3.73. The maximum Gasteiger partial charge on any atom is 0.331 e. The van der Waals surface area contributed by atoms with E-state index in [0.717, 1.165) is 16.7 Å². The average molecular weight is 372 g/mol. The standard InChI is InChI=1S/C23H20N2O3/c1-24-23(27)20-10-7-17(8-11-20)9-12-21(26)28-22(18-5-3-2-4-6-18)19-13-15-25-16-14-19/h2-16,22H,1H3,(H,24,27). The number of esters is 1. The summed E-state index contributed by atoms with van der Waals surface area (Å²) in [5.74, 6) is -0.612. The molecule has 3 aromatic rings. The van der Waals surface area contributed by atoms with E-state index in [1.807, 2.05) is 42.5 Å². The number of hydrogen-bond donors (Lipinski definition) is 1. The Morgan fingerprint density at radius 2 is 1.57 bits per heavy atom. The molecule has 0 saturated heterocycles. The number of hydrogen-bond acceptors (Lipinski definition) is 4. The third kappa shape index (κ3) is 4.92. The van der Waals surface area contributed by atoms with Gasteiger partial charge >= 0.3 is 5.97 Å². The van der Waals surface area contributed by atoms with Crippen molar-refractivity contribution in [2.75, 3.05) is 7.05 Å². The summed E-state index contributed by atoms with van der Waals surface area (Å²) in [4.78, 5) is 28.0. The maximum atomic E-state index is 12.4. The first-order valence-corrected chi connectivity index (χ1v) is 8.83. The fraction of sp³-hybridized carbons (Fsp3) is 0.0870. The molecular weight excluding hydrogens is 352 g/mol. The van der Waals surface area contributed by atoms with E-state index in [2.05, 4.69) is 10.3 Å². The Morgan fingerprint density at radius 1 is 0.929 bits per heavy atom. The molecule has 1 aromatic heterocycles. The summed E-state index contributed by atoms with van der Waals surface area (Å²) < 4.78 is 5.71. The Morgan fingerprint density at radius 3 is 2.21 bits per heavy atom. The molecule has 3 rings (SSSR count). The highest BCUT2D eigenvalue weighted by Gasteiger charge is 2.17. The van der Waals surface area contributed by atoms with E-state index in [1.54, 1.807) is 49.8 Å². The summed E-state index contributed by atoms with van der Waals surface area (Å²) >= 11 is 0. The number of benzene rings is 2. The van der Waals surface area contributed by atoms with Crippen molar-refractivity contribution in [1.82, 2.24) is 10.3 Å². The minimum absolute atomic E-state index is 0.155. The second-order valence-electron chi connectivity index (χ2n) is 6.04. The zero-order valence-corrected chi connectivity index (χ0v) is 15.4. The first-order valence-electron chi connectivity index (χ1n) is 8.83. The number of ether oxygens (including phenoxy) is 1. The van der Waals surface area contributed by atoms with E-state index >= 15 is 0 Å². The van der Waals surface area contributed by atoms with E-state index in [-0.39, 0.29) is 5.91 Å². The third-order valence-electron chi connectivity index (χ3n) is 4.16. The van der Waals surface area contributed by atoms with Gasteiger partial charge in [0, 0.05) is 36.6 Å². The van der Waals surface area contributed by atoms with Gasteiger partial charge in [-0.15, -0.1) is 0 Å². The molecule has 1 unspecified atom stereocenters. The van der Waals surface area contributed by atoms with Crippen LogP contribution in [0.15, 0.2) is 85.2 Å². The van der Waals surface area contributed by atoms with Crippen molar-refractivity contribution in [3.05, 3.63) is 107 Å². The average Bonchev–Trinajstić information content (AvgIpc) is 2.77. The number of nitrogens with zero attached hydrogens (tertiary/aromatic N) is 1. The fourth-order valence-corrected chi connectivity index (χ4v) is 2.70. The van der Waals surface area contributed by atoms with Crippen LogP contribution in [-0.2, 0) is 9.53 Å². The zero-order chi connectivity index (χ0) is 19.8. The van der Waals surface area contributed by atoms with E-state index in [0.29, 0.717) is 5.56 Å². The van der Waals surface area contributed by atoms with Gasteiger partial charge in [0.05, 0.1) is 0 Å². The number of amides is 1. The molecule has 0 saturated carbocycles. The first-order chi connectivity index (χ1) is 13.7. The monoisotopic (exact) mass is 372 g/mol. The van der Waals surface area contributed by atoms with Gasteiger partial charge in [-0.05, 0) is 41.5 Å². The molecule has 140 valence electrons. The molecule has 0 radical (unpaired) electrons. The van der Waals surface area contributed by atoms with Crippen LogP contribution in [0.4, 0.5) is 0 Å². The van der Waals surface area contributed by atoms with Gasteiger partial charge in [0.1, 0.15) is 0 Å². The van der Waals surface area contributed by atoms with Crippen molar-refractivity contribution in [2.24, 2.45) is 0 Å². The Labute approximate surface area is 163 Å². The molecule has 1 heterocycles. The maximum absolute atomic E-state index is 12.4. The predicted molar refractivity (Wildman–Crippen MR) is 107 cm³/mol. The van der Waals surface area contributed by atoms with E-state index in [1.165, 1.54) is 6.08 Å². The van der Waals surface area contributed by atoms with Gasteiger partial charge in [0.25, 0.3) is 5.91 Å². The molecule has 5 heteroatoms. The van der Waals surface area contributed by atoms with Gasteiger partial charge < -0.3 is 10.1 Å². The summed E-state index contributed by atoms with van der Waals surface area (Å²) in [5.41, 5.74) is 3.08. The first kappa shape index (κ1) is 19.0. The quantitative estimate of drug-likeness (QED) is 0.528. The summed E-state index contributed by atoms with van der Waals surface area (Å²) in [7, 11) is 1.58. The molecule has 0 aliphatic carbocycles. The molecule has 0 bridgehead atoms. The number of nitrogens with one attached hydrogen (secondary N) is 1. The molecule has 1 N–H and O–H groups in total. The fourth-order valence-electron chi connectivity index (χ4n) is 2.70. The Balaban J connectivity index is 1.73. The largest absolute Gasteiger partial charge is 0.449 e. The highest BCUT2D eigenvalue weighted by atomic mass is 16.5. The summed E-state index contributed by atoms with van der Waals surface area (Å²) in [6.07, 6.45) is 5.86. The van der Waals surface area contributed by atoms with Crippen molar-refractivity contribution in [2.45, 2.75) is 6.10 Å². The molecule has 0 aliphatic heterocycles. The molecule has 0 fully saturated rings. The zero-order valence-electron chi connectivity index (χ0n) is 15.4. The summed E-state index contributed by atoms with van der Waals surface area (Å²) in [5, 5.41) is 2.57. The van der Waals surface area contributed by atoms with Crippen molar-refractivity contribution in [1.29, 1.82) is 0 Å². The van der Waals surface area contributed by atoms with E-state index in [9.17, 15) is 9.59 Å². The second-order valence-corrected chi connectivity index (χ2v) is 6.04. The summed E-state index contributed by atoms with van der Waals surface area (Å²) in [6.45, 7) is 0. The Kier molecular flexibility index (Phi) is 6.31. The smallest absolute Gasteiger partial charge is 0.331 e. The van der Waals surface area contributed by atoms with Crippen LogP contribution in [0.1, 0.15) is 33.2 Å². The van der Waals surface area contributed by atoms with Crippen molar-refractivity contribution < 1.29 is 14.3 Å². The SMILES string of the molecule is CNC(=O)c1ccc(C=CC(=O)OC(c2ccccc2)c2ccncc2)cc1. The second kappa shape index (κ2) is 9.28. The molecule has 5 nitrogen and oxygen atoms in total. The van der Waals surface area contributed by atoms with Crippen LogP contribution >= 0.6 is 0 Å². The highest BCUT2D eigenvalue weighted by molar-refractivity contribution is 5.94. The van der Waals surface area contributed by atoms with Gasteiger partial charge in [-0.1, -0.05) is 42.5 Å². The number of aromatic nitrogens is 1. The molecule has 2 aromatic carbocycles. The van der Waals surface area contributed by atoms with Crippen molar-refractivity contribution in [3.8, 4) is 0 Å². The lowest BCUT2D eigenvalue weighted by Gasteiger charge is -2.17. The van der Waals surface area contributed by atoms with Crippen LogP contribution in [0, 0.1) is 0 Å². The summed E-state index contributed by atoms with van der Waals surface area (Å²) in [6, 6.07) is 20.1. The van der Waals surface area contributed by atoms with E-state index < -0.39 is 12.1 Å². The molecule has 28 heavy (non-hydrogen) atoms. The molecule has 0 aliphatic rings. The topological polar surface area (TPSA) is 68.3 Å². The van der Waals surface area contributed by atoms with Crippen LogP contribution in [0.3, 0.4) is 0 Å². The lowest BCUT2D eigenvalue weighted by Crippen LogP contribution is -2.17.